The van der Waals surface area contributed by atoms with E-state index in [1.165, 1.54) is 11.1 Å². The summed E-state index contributed by atoms with van der Waals surface area (Å²) in [6.07, 6.45) is 1.52. The molecule has 2 aromatic carbocycles. The second-order valence-corrected chi connectivity index (χ2v) is 5.88. The van der Waals surface area contributed by atoms with Crippen molar-refractivity contribution in [3.63, 3.8) is 0 Å². The third kappa shape index (κ3) is 1.92. The number of carbonyl (C=O) groups excluding carboxylic acids is 1. The fourth-order valence-electron chi connectivity index (χ4n) is 3.72. The summed E-state index contributed by atoms with van der Waals surface area (Å²) in [5, 5.41) is 9.86. The summed E-state index contributed by atoms with van der Waals surface area (Å²) in [5.74, 6) is 0.693. The van der Waals surface area contributed by atoms with E-state index in [4.69, 9.17) is 0 Å². The van der Waals surface area contributed by atoms with Gasteiger partial charge in [0.15, 0.2) is 0 Å². The van der Waals surface area contributed by atoms with Gasteiger partial charge in [0.25, 0.3) is 0 Å². The van der Waals surface area contributed by atoms with Gasteiger partial charge in [-0.25, -0.2) is 0 Å². The highest BCUT2D eigenvalue weighted by molar-refractivity contribution is 5.80. The van der Waals surface area contributed by atoms with E-state index in [0.29, 0.717) is 18.7 Å². The molecule has 0 spiro atoms. The van der Waals surface area contributed by atoms with Crippen LogP contribution in [-0.4, -0.2) is 22.5 Å². The van der Waals surface area contributed by atoms with Gasteiger partial charge in [0.1, 0.15) is 5.75 Å². The Morgan fingerprint density at radius 1 is 1.05 bits per heavy atom. The van der Waals surface area contributed by atoms with Gasteiger partial charge in [0, 0.05) is 18.9 Å². The van der Waals surface area contributed by atoms with Crippen LogP contribution in [-0.2, 0) is 4.79 Å². The highest BCUT2D eigenvalue weighted by Gasteiger charge is 2.40. The topological polar surface area (TPSA) is 40.5 Å². The minimum atomic E-state index is 0.145. The van der Waals surface area contributed by atoms with E-state index in [2.05, 4.69) is 12.1 Å². The van der Waals surface area contributed by atoms with Crippen LogP contribution in [0.3, 0.4) is 0 Å². The number of phenols is 1. The number of carbonyl (C=O) groups is 1. The Balaban J connectivity index is 1.87. The van der Waals surface area contributed by atoms with Crippen LogP contribution in [0.25, 0.3) is 0 Å². The molecule has 1 saturated heterocycles. The van der Waals surface area contributed by atoms with Crippen LogP contribution in [0.4, 0.5) is 0 Å². The maximum absolute atomic E-state index is 12.1. The molecular formula is C18H17NO2. The number of hydrogen-bond donors (Lipinski definition) is 1. The van der Waals surface area contributed by atoms with Crippen molar-refractivity contribution in [3.8, 4) is 5.75 Å². The van der Waals surface area contributed by atoms with E-state index >= 15 is 0 Å². The lowest BCUT2D eigenvalue weighted by Crippen LogP contribution is -2.37. The molecular weight excluding hydrogens is 262 g/mol. The fraction of sp³-hybridized carbons (Fsp3) is 0.278. The van der Waals surface area contributed by atoms with E-state index in [9.17, 15) is 9.90 Å². The van der Waals surface area contributed by atoms with Crippen molar-refractivity contribution < 1.29 is 9.90 Å². The van der Waals surface area contributed by atoms with Crippen molar-refractivity contribution in [1.82, 2.24) is 4.90 Å². The number of aromatic hydroxyl groups is 1. The van der Waals surface area contributed by atoms with E-state index in [-0.39, 0.29) is 17.9 Å². The second kappa shape index (κ2) is 4.62. The van der Waals surface area contributed by atoms with Gasteiger partial charge in [-0.2, -0.15) is 0 Å². The molecule has 1 N–H and O–H groups in total. The van der Waals surface area contributed by atoms with E-state index < -0.39 is 0 Å². The number of benzene rings is 2. The molecule has 0 saturated carbocycles. The van der Waals surface area contributed by atoms with Crippen molar-refractivity contribution in [1.29, 1.82) is 0 Å². The third-order valence-electron chi connectivity index (χ3n) is 4.71. The number of amides is 1. The van der Waals surface area contributed by atoms with Gasteiger partial charge in [-0.1, -0.05) is 36.4 Å². The van der Waals surface area contributed by atoms with Gasteiger partial charge in [-0.15, -0.1) is 0 Å². The molecule has 3 heteroatoms. The number of rotatable bonds is 1. The standard InChI is InChI=1S/C18H17NO2/c20-13-6-7-14-15(10-13)16(12-4-2-1-3-5-12)11-19-17(14)8-9-18(19)21/h1-7,10,16-17,20H,8-9,11H2. The Morgan fingerprint density at radius 2 is 1.86 bits per heavy atom. The summed E-state index contributed by atoms with van der Waals surface area (Å²) in [4.78, 5) is 14.1. The normalized spacial score (nSPS) is 23.8. The minimum absolute atomic E-state index is 0.145. The largest absolute Gasteiger partial charge is 0.508 e. The zero-order valence-corrected chi connectivity index (χ0v) is 11.7. The summed E-state index contributed by atoms with van der Waals surface area (Å²) in [5.41, 5.74) is 3.55. The first-order valence-corrected chi connectivity index (χ1v) is 7.41. The summed E-state index contributed by atoms with van der Waals surface area (Å²) < 4.78 is 0. The molecule has 0 aromatic heterocycles. The Labute approximate surface area is 123 Å². The molecule has 0 radical (unpaired) electrons. The molecule has 2 aromatic rings. The molecule has 2 atom stereocenters. The second-order valence-electron chi connectivity index (χ2n) is 5.88. The molecule has 21 heavy (non-hydrogen) atoms. The SMILES string of the molecule is O=C1CCC2c3ccc(O)cc3C(c3ccccc3)CN12. The Hall–Kier alpha value is -2.29. The molecule has 2 aliphatic rings. The minimum Gasteiger partial charge on any atom is -0.508 e. The molecule has 0 bridgehead atoms. The first kappa shape index (κ1) is 12.5. The van der Waals surface area contributed by atoms with Crippen LogP contribution in [0.15, 0.2) is 48.5 Å². The van der Waals surface area contributed by atoms with Crippen LogP contribution in [0.5, 0.6) is 5.75 Å². The van der Waals surface area contributed by atoms with Crippen LogP contribution < -0.4 is 0 Å². The average molecular weight is 279 g/mol. The fourth-order valence-corrected chi connectivity index (χ4v) is 3.72. The van der Waals surface area contributed by atoms with Gasteiger partial charge >= 0.3 is 0 Å². The summed E-state index contributed by atoms with van der Waals surface area (Å²) in [6.45, 7) is 0.712. The molecule has 3 nitrogen and oxygen atoms in total. The van der Waals surface area contributed by atoms with Gasteiger partial charge in [0.05, 0.1) is 6.04 Å². The molecule has 2 aliphatic heterocycles. The van der Waals surface area contributed by atoms with Crippen LogP contribution in [0.1, 0.15) is 41.5 Å². The summed E-state index contributed by atoms with van der Waals surface area (Å²) in [6, 6.07) is 16.0. The number of nitrogens with zero attached hydrogens (tertiary/aromatic N) is 1. The molecule has 1 fully saturated rings. The van der Waals surface area contributed by atoms with Crippen molar-refractivity contribution in [2.75, 3.05) is 6.54 Å². The van der Waals surface area contributed by atoms with Gasteiger partial charge in [-0.05, 0) is 35.2 Å². The van der Waals surface area contributed by atoms with E-state index in [1.807, 2.05) is 35.2 Å². The Kier molecular flexibility index (Phi) is 2.74. The molecule has 2 heterocycles. The average Bonchev–Trinajstić information content (AvgIpc) is 2.88. The maximum Gasteiger partial charge on any atom is 0.223 e. The number of phenolic OH excluding ortho intramolecular Hbond substituents is 1. The van der Waals surface area contributed by atoms with Gasteiger partial charge < -0.3 is 10.0 Å². The van der Waals surface area contributed by atoms with E-state index in [0.717, 1.165) is 12.0 Å². The van der Waals surface area contributed by atoms with Crippen molar-refractivity contribution in [2.45, 2.75) is 24.8 Å². The van der Waals surface area contributed by atoms with E-state index in [1.54, 1.807) is 6.07 Å². The third-order valence-corrected chi connectivity index (χ3v) is 4.71. The Bertz CT molecular complexity index is 696. The smallest absolute Gasteiger partial charge is 0.223 e. The van der Waals surface area contributed by atoms with Gasteiger partial charge in [0.2, 0.25) is 5.91 Å². The van der Waals surface area contributed by atoms with Crippen LogP contribution in [0, 0.1) is 0 Å². The predicted molar refractivity (Wildman–Crippen MR) is 80.1 cm³/mol. The molecule has 0 aliphatic carbocycles. The lowest BCUT2D eigenvalue weighted by Gasteiger charge is -2.37. The maximum atomic E-state index is 12.1. The molecule has 106 valence electrons. The number of hydrogen-bond acceptors (Lipinski definition) is 2. The van der Waals surface area contributed by atoms with Crippen molar-refractivity contribution in [3.05, 3.63) is 65.2 Å². The lowest BCUT2D eigenvalue weighted by atomic mass is 9.81. The predicted octanol–water partition coefficient (Wildman–Crippen LogP) is 3.20. The number of fused-ring (bicyclic) bond motifs is 3. The Morgan fingerprint density at radius 3 is 2.67 bits per heavy atom. The van der Waals surface area contributed by atoms with Crippen molar-refractivity contribution >= 4 is 5.91 Å². The highest BCUT2D eigenvalue weighted by Crippen LogP contribution is 2.45. The summed E-state index contributed by atoms with van der Waals surface area (Å²) >= 11 is 0. The van der Waals surface area contributed by atoms with Crippen molar-refractivity contribution in [2.24, 2.45) is 0 Å². The zero-order chi connectivity index (χ0) is 14.4. The highest BCUT2D eigenvalue weighted by atomic mass is 16.3. The molecule has 2 unspecified atom stereocenters. The summed E-state index contributed by atoms with van der Waals surface area (Å²) in [7, 11) is 0. The molecule has 4 rings (SSSR count). The first-order chi connectivity index (χ1) is 10.2. The quantitative estimate of drug-likeness (QED) is 0.871. The van der Waals surface area contributed by atoms with Crippen LogP contribution >= 0.6 is 0 Å². The van der Waals surface area contributed by atoms with Crippen LogP contribution in [0.2, 0.25) is 0 Å². The monoisotopic (exact) mass is 279 g/mol. The molecule has 1 amide bonds. The first-order valence-electron chi connectivity index (χ1n) is 7.41. The zero-order valence-electron chi connectivity index (χ0n) is 11.7. The lowest BCUT2D eigenvalue weighted by molar-refractivity contribution is -0.129. The van der Waals surface area contributed by atoms with Gasteiger partial charge in [-0.3, -0.25) is 4.79 Å².